The summed E-state index contributed by atoms with van der Waals surface area (Å²) in [6, 6.07) is 8.67. The van der Waals surface area contributed by atoms with E-state index in [9.17, 15) is 4.39 Å². The maximum atomic E-state index is 13.8. The Morgan fingerprint density at radius 3 is 2.70 bits per heavy atom. The summed E-state index contributed by atoms with van der Waals surface area (Å²) >= 11 is 5.93. The summed E-state index contributed by atoms with van der Waals surface area (Å²) in [5, 5.41) is 3.99. The van der Waals surface area contributed by atoms with Crippen molar-refractivity contribution in [1.29, 1.82) is 0 Å². The molecule has 1 aromatic carbocycles. The number of halogens is 2. The zero-order chi connectivity index (χ0) is 14.8. The Kier molecular flexibility index (Phi) is 4.51. The highest BCUT2D eigenvalue weighted by atomic mass is 35.5. The van der Waals surface area contributed by atoms with Gasteiger partial charge in [0, 0.05) is 34.6 Å². The Balaban J connectivity index is 2.14. The number of nitrogens with zero attached hydrogens (tertiary/aromatic N) is 1. The average molecular weight is 295 g/mol. The van der Waals surface area contributed by atoms with Crippen molar-refractivity contribution in [3.8, 4) is 0 Å². The van der Waals surface area contributed by atoms with Crippen molar-refractivity contribution >= 4 is 11.6 Å². The summed E-state index contributed by atoms with van der Waals surface area (Å²) in [6.07, 6.45) is 1.96. The van der Waals surface area contributed by atoms with Crippen LogP contribution in [0.2, 0.25) is 5.02 Å². The van der Waals surface area contributed by atoms with Crippen LogP contribution >= 0.6 is 11.6 Å². The third-order valence-corrected chi connectivity index (χ3v) is 3.31. The smallest absolute Gasteiger partial charge is 0.128 e. The van der Waals surface area contributed by atoms with Crippen molar-refractivity contribution in [2.75, 3.05) is 0 Å². The molecule has 1 N–H and O–H groups in total. The molecule has 0 amide bonds. The van der Waals surface area contributed by atoms with Crippen LogP contribution in [0.1, 0.15) is 32.0 Å². The van der Waals surface area contributed by atoms with Gasteiger partial charge in [-0.15, -0.1) is 0 Å². The Morgan fingerprint density at radius 2 is 2.00 bits per heavy atom. The molecule has 4 heteroatoms. The predicted molar refractivity (Wildman–Crippen MR) is 81.5 cm³/mol. The average Bonchev–Trinajstić information content (AvgIpc) is 2.78. The topological polar surface area (TPSA) is 17.0 Å². The first kappa shape index (κ1) is 15.1. The fraction of sp³-hybridized carbons (Fsp3) is 0.375. The van der Waals surface area contributed by atoms with E-state index in [1.54, 1.807) is 12.1 Å². The molecule has 0 aliphatic carbocycles. The van der Waals surface area contributed by atoms with Gasteiger partial charge < -0.3 is 9.88 Å². The summed E-state index contributed by atoms with van der Waals surface area (Å²) in [6.45, 7) is 7.60. The van der Waals surface area contributed by atoms with Crippen molar-refractivity contribution in [3.05, 3.63) is 58.6 Å². The Morgan fingerprint density at radius 1 is 1.25 bits per heavy atom. The molecule has 0 radical (unpaired) electrons. The second-order valence-corrected chi connectivity index (χ2v) is 6.40. The van der Waals surface area contributed by atoms with Gasteiger partial charge >= 0.3 is 0 Å². The largest absolute Gasteiger partial charge is 0.346 e. The minimum absolute atomic E-state index is 0.0520. The quantitative estimate of drug-likeness (QED) is 0.893. The third-order valence-electron chi connectivity index (χ3n) is 3.07. The molecule has 0 atom stereocenters. The number of aromatic nitrogens is 1. The maximum absolute atomic E-state index is 13.8. The molecule has 108 valence electrons. The van der Waals surface area contributed by atoms with Crippen LogP contribution in [-0.2, 0) is 13.1 Å². The van der Waals surface area contributed by atoms with Crippen molar-refractivity contribution in [2.45, 2.75) is 39.4 Å². The number of hydrogen-bond donors (Lipinski definition) is 1. The second kappa shape index (κ2) is 5.98. The minimum atomic E-state index is -0.224. The Hall–Kier alpha value is -1.32. The summed E-state index contributed by atoms with van der Waals surface area (Å²) in [7, 11) is 0. The Bertz CT molecular complexity index is 584. The van der Waals surface area contributed by atoms with Gasteiger partial charge in [-0.2, -0.15) is 0 Å². The van der Waals surface area contributed by atoms with E-state index in [2.05, 4.69) is 26.1 Å². The standard InChI is InChI=1S/C16H20ClFN2/c1-16(2,3)19-10-14-5-4-8-20(14)11-12-9-13(17)6-7-15(12)18/h4-9,19H,10-11H2,1-3H3. The van der Waals surface area contributed by atoms with Crippen LogP contribution in [0.15, 0.2) is 36.5 Å². The van der Waals surface area contributed by atoms with Crippen LogP contribution in [-0.4, -0.2) is 10.1 Å². The molecule has 0 aliphatic heterocycles. The van der Waals surface area contributed by atoms with Crippen LogP contribution in [0, 0.1) is 5.82 Å². The van der Waals surface area contributed by atoms with Gasteiger partial charge in [0.05, 0.1) is 6.54 Å². The van der Waals surface area contributed by atoms with E-state index < -0.39 is 0 Å². The monoisotopic (exact) mass is 294 g/mol. The van der Waals surface area contributed by atoms with Gasteiger partial charge in [-0.05, 0) is 51.1 Å². The van der Waals surface area contributed by atoms with Gasteiger partial charge in [-0.25, -0.2) is 4.39 Å². The van der Waals surface area contributed by atoms with E-state index in [-0.39, 0.29) is 11.4 Å². The highest BCUT2D eigenvalue weighted by molar-refractivity contribution is 6.30. The number of nitrogens with one attached hydrogen (secondary N) is 1. The van der Waals surface area contributed by atoms with Crippen LogP contribution in [0.4, 0.5) is 4.39 Å². The zero-order valence-corrected chi connectivity index (χ0v) is 12.8. The van der Waals surface area contributed by atoms with E-state index in [1.807, 2.05) is 22.9 Å². The van der Waals surface area contributed by atoms with Gasteiger partial charge in [0.15, 0.2) is 0 Å². The molecule has 2 aromatic rings. The van der Waals surface area contributed by atoms with Crippen molar-refractivity contribution in [1.82, 2.24) is 9.88 Å². The lowest BCUT2D eigenvalue weighted by Crippen LogP contribution is -2.35. The van der Waals surface area contributed by atoms with Crippen LogP contribution in [0.5, 0.6) is 0 Å². The molecule has 1 heterocycles. The van der Waals surface area contributed by atoms with Crippen LogP contribution in [0.25, 0.3) is 0 Å². The summed E-state index contributed by atoms with van der Waals surface area (Å²) in [5.41, 5.74) is 1.78. The molecular weight excluding hydrogens is 275 g/mol. The van der Waals surface area contributed by atoms with E-state index in [4.69, 9.17) is 11.6 Å². The molecule has 0 fully saturated rings. The van der Waals surface area contributed by atoms with Crippen LogP contribution < -0.4 is 5.32 Å². The lowest BCUT2D eigenvalue weighted by Gasteiger charge is -2.21. The van der Waals surface area contributed by atoms with E-state index in [0.717, 1.165) is 12.2 Å². The summed E-state index contributed by atoms with van der Waals surface area (Å²) < 4.78 is 15.8. The van der Waals surface area contributed by atoms with Crippen molar-refractivity contribution in [3.63, 3.8) is 0 Å². The molecule has 2 nitrogen and oxygen atoms in total. The fourth-order valence-corrected chi connectivity index (χ4v) is 2.16. The Labute approximate surface area is 124 Å². The number of benzene rings is 1. The third kappa shape index (κ3) is 4.09. The first-order valence-electron chi connectivity index (χ1n) is 6.68. The van der Waals surface area contributed by atoms with Crippen LogP contribution in [0.3, 0.4) is 0 Å². The molecular formula is C16H20ClFN2. The molecule has 2 rings (SSSR count). The molecule has 0 bridgehead atoms. The molecule has 0 saturated heterocycles. The second-order valence-electron chi connectivity index (χ2n) is 5.97. The molecule has 0 unspecified atom stereocenters. The van der Waals surface area contributed by atoms with Gasteiger partial charge in [-0.3, -0.25) is 0 Å². The van der Waals surface area contributed by atoms with E-state index >= 15 is 0 Å². The molecule has 1 aromatic heterocycles. The first-order valence-corrected chi connectivity index (χ1v) is 7.06. The molecule has 20 heavy (non-hydrogen) atoms. The lowest BCUT2D eigenvalue weighted by molar-refractivity contribution is 0.416. The van der Waals surface area contributed by atoms with Gasteiger partial charge in [0.1, 0.15) is 5.82 Å². The molecule has 0 spiro atoms. The first-order chi connectivity index (χ1) is 9.35. The number of hydrogen-bond acceptors (Lipinski definition) is 1. The SMILES string of the molecule is CC(C)(C)NCc1cccn1Cc1cc(Cl)ccc1F. The van der Waals surface area contributed by atoms with E-state index in [0.29, 0.717) is 17.1 Å². The summed E-state index contributed by atoms with van der Waals surface area (Å²) in [4.78, 5) is 0. The van der Waals surface area contributed by atoms with Gasteiger partial charge in [0.25, 0.3) is 0 Å². The number of rotatable bonds is 4. The highest BCUT2D eigenvalue weighted by Crippen LogP contribution is 2.17. The highest BCUT2D eigenvalue weighted by Gasteiger charge is 2.11. The predicted octanol–water partition coefficient (Wildman–Crippen LogP) is 4.22. The zero-order valence-electron chi connectivity index (χ0n) is 12.1. The molecule has 0 aliphatic rings. The van der Waals surface area contributed by atoms with E-state index in [1.165, 1.54) is 6.07 Å². The fourth-order valence-electron chi connectivity index (χ4n) is 1.97. The molecule has 0 saturated carbocycles. The van der Waals surface area contributed by atoms with Gasteiger partial charge in [0.2, 0.25) is 0 Å². The summed E-state index contributed by atoms with van der Waals surface area (Å²) in [5.74, 6) is -0.224. The van der Waals surface area contributed by atoms with Crippen molar-refractivity contribution in [2.24, 2.45) is 0 Å². The normalized spacial score (nSPS) is 11.8. The lowest BCUT2D eigenvalue weighted by atomic mass is 10.1. The maximum Gasteiger partial charge on any atom is 0.128 e. The minimum Gasteiger partial charge on any atom is -0.346 e. The van der Waals surface area contributed by atoms with Gasteiger partial charge in [-0.1, -0.05) is 11.6 Å². The van der Waals surface area contributed by atoms with Crippen molar-refractivity contribution < 1.29 is 4.39 Å².